The first-order valence-corrected chi connectivity index (χ1v) is 6.68. The fraction of sp³-hybridized carbons (Fsp3) is 1.00. The maximum absolute atomic E-state index is 5.80. The normalized spacial score (nSPS) is 29.4. The van der Waals surface area contributed by atoms with E-state index in [-0.39, 0.29) is 0 Å². The van der Waals surface area contributed by atoms with Crippen LogP contribution in [0.3, 0.4) is 0 Å². The average Bonchev–Trinajstić information content (AvgIpc) is 2.16. The van der Waals surface area contributed by atoms with E-state index < -0.39 is 0 Å². The van der Waals surface area contributed by atoms with Gasteiger partial charge in [-0.25, -0.2) is 0 Å². The van der Waals surface area contributed by atoms with Crippen LogP contribution in [-0.2, 0) is 4.74 Å². The molecule has 1 aliphatic rings. The van der Waals surface area contributed by atoms with Crippen molar-refractivity contribution in [3.8, 4) is 0 Å². The predicted octanol–water partition coefficient (Wildman–Crippen LogP) is 3.21. The van der Waals surface area contributed by atoms with Gasteiger partial charge in [0.05, 0.1) is 6.10 Å². The van der Waals surface area contributed by atoms with Gasteiger partial charge in [0.1, 0.15) is 0 Å². The highest BCUT2D eigenvalue weighted by atomic mass is 16.5. The van der Waals surface area contributed by atoms with Crippen molar-refractivity contribution in [1.29, 1.82) is 0 Å². The van der Waals surface area contributed by atoms with Crippen molar-refractivity contribution in [3.05, 3.63) is 0 Å². The molecule has 1 rings (SSSR count). The Labute approximate surface area is 101 Å². The Morgan fingerprint density at radius 2 is 1.81 bits per heavy atom. The third-order valence-electron chi connectivity index (χ3n) is 3.84. The lowest BCUT2D eigenvalue weighted by Crippen LogP contribution is -2.48. The maximum atomic E-state index is 5.80. The highest BCUT2D eigenvalue weighted by molar-refractivity contribution is 4.84. The summed E-state index contributed by atoms with van der Waals surface area (Å²) in [5.41, 5.74) is 0.339. The molecule has 0 aromatic heterocycles. The largest absolute Gasteiger partial charge is 0.378 e. The molecule has 1 saturated heterocycles. The summed E-state index contributed by atoms with van der Waals surface area (Å²) >= 11 is 0. The van der Waals surface area contributed by atoms with E-state index in [1.54, 1.807) is 0 Å². The Kier molecular flexibility index (Phi) is 4.81. The second-order valence-corrected chi connectivity index (χ2v) is 6.63. The van der Waals surface area contributed by atoms with Crippen LogP contribution in [0.25, 0.3) is 0 Å². The molecule has 0 radical (unpaired) electrons. The number of hydrogen-bond acceptors (Lipinski definition) is 2. The molecule has 0 amide bonds. The third kappa shape index (κ3) is 4.06. The van der Waals surface area contributed by atoms with Crippen LogP contribution in [0.1, 0.15) is 54.4 Å². The van der Waals surface area contributed by atoms with Crippen molar-refractivity contribution < 1.29 is 4.74 Å². The van der Waals surface area contributed by atoms with Crippen LogP contribution in [0.5, 0.6) is 0 Å². The van der Waals surface area contributed by atoms with Gasteiger partial charge < -0.3 is 10.1 Å². The lowest BCUT2D eigenvalue weighted by atomic mass is 9.86. The summed E-state index contributed by atoms with van der Waals surface area (Å²) < 4.78 is 5.80. The molecule has 0 aliphatic carbocycles. The standard InChI is InChI=1S/C14H29NO/c1-10(2)13-9-12(7-8-16-13)15-11(3)14(4,5)6/h10-13,15H,7-9H2,1-6H3. The third-order valence-corrected chi connectivity index (χ3v) is 3.84. The van der Waals surface area contributed by atoms with E-state index in [2.05, 4.69) is 46.9 Å². The van der Waals surface area contributed by atoms with E-state index in [9.17, 15) is 0 Å². The summed E-state index contributed by atoms with van der Waals surface area (Å²) in [7, 11) is 0. The van der Waals surface area contributed by atoms with Crippen LogP contribution in [0.15, 0.2) is 0 Å². The number of hydrogen-bond donors (Lipinski definition) is 1. The summed E-state index contributed by atoms with van der Waals surface area (Å²) in [6.45, 7) is 14.6. The monoisotopic (exact) mass is 227 g/mol. The molecule has 3 atom stereocenters. The molecule has 96 valence electrons. The summed E-state index contributed by atoms with van der Waals surface area (Å²) in [6, 6.07) is 1.19. The molecular formula is C14H29NO. The van der Waals surface area contributed by atoms with Gasteiger partial charge >= 0.3 is 0 Å². The highest BCUT2D eigenvalue weighted by Gasteiger charge is 2.28. The van der Waals surface area contributed by atoms with Crippen molar-refractivity contribution in [2.75, 3.05) is 6.61 Å². The SMILES string of the molecule is CC(C)C1CC(NC(C)C(C)(C)C)CCO1. The maximum Gasteiger partial charge on any atom is 0.0612 e. The first-order valence-electron chi connectivity index (χ1n) is 6.68. The number of rotatable bonds is 3. The van der Waals surface area contributed by atoms with Gasteiger partial charge in [-0.2, -0.15) is 0 Å². The molecule has 1 N–H and O–H groups in total. The molecule has 1 heterocycles. The van der Waals surface area contributed by atoms with Gasteiger partial charge in [0, 0.05) is 18.7 Å². The fourth-order valence-corrected chi connectivity index (χ4v) is 2.05. The highest BCUT2D eigenvalue weighted by Crippen LogP contribution is 2.24. The van der Waals surface area contributed by atoms with Crippen LogP contribution in [0.4, 0.5) is 0 Å². The zero-order valence-corrected chi connectivity index (χ0v) is 11.8. The molecule has 16 heavy (non-hydrogen) atoms. The van der Waals surface area contributed by atoms with Gasteiger partial charge in [0.25, 0.3) is 0 Å². The Morgan fingerprint density at radius 1 is 1.19 bits per heavy atom. The van der Waals surface area contributed by atoms with Gasteiger partial charge in [-0.3, -0.25) is 0 Å². The van der Waals surface area contributed by atoms with Crippen molar-refractivity contribution in [2.45, 2.75) is 72.6 Å². The molecule has 1 aliphatic heterocycles. The minimum Gasteiger partial charge on any atom is -0.378 e. The summed E-state index contributed by atoms with van der Waals surface area (Å²) in [6.07, 6.45) is 2.76. The smallest absolute Gasteiger partial charge is 0.0612 e. The molecule has 2 heteroatoms. The number of ether oxygens (including phenoxy) is 1. The Morgan fingerprint density at radius 3 is 2.31 bits per heavy atom. The molecule has 1 fully saturated rings. The van der Waals surface area contributed by atoms with E-state index in [1.807, 2.05) is 0 Å². The Bertz CT molecular complexity index is 207. The molecule has 0 spiro atoms. The summed E-state index contributed by atoms with van der Waals surface area (Å²) in [4.78, 5) is 0. The minimum atomic E-state index is 0.339. The van der Waals surface area contributed by atoms with Gasteiger partial charge in [0.15, 0.2) is 0 Å². The van der Waals surface area contributed by atoms with Crippen molar-refractivity contribution in [3.63, 3.8) is 0 Å². The molecule has 2 nitrogen and oxygen atoms in total. The molecule has 0 bridgehead atoms. The van der Waals surface area contributed by atoms with Crippen LogP contribution in [0.2, 0.25) is 0 Å². The molecular weight excluding hydrogens is 198 g/mol. The van der Waals surface area contributed by atoms with E-state index in [1.165, 1.54) is 0 Å². The molecule has 0 aromatic carbocycles. The first kappa shape index (κ1) is 14.0. The Hall–Kier alpha value is -0.0800. The fourth-order valence-electron chi connectivity index (χ4n) is 2.05. The van der Waals surface area contributed by atoms with E-state index in [0.717, 1.165) is 19.4 Å². The van der Waals surface area contributed by atoms with E-state index in [0.29, 0.717) is 29.5 Å². The van der Waals surface area contributed by atoms with Crippen molar-refractivity contribution in [2.24, 2.45) is 11.3 Å². The minimum absolute atomic E-state index is 0.339. The van der Waals surface area contributed by atoms with Crippen LogP contribution in [0, 0.1) is 11.3 Å². The summed E-state index contributed by atoms with van der Waals surface area (Å²) in [5.74, 6) is 0.634. The first-order chi connectivity index (χ1) is 7.30. The topological polar surface area (TPSA) is 21.3 Å². The van der Waals surface area contributed by atoms with Crippen molar-refractivity contribution >= 4 is 0 Å². The predicted molar refractivity (Wildman–Crippen MR) is 69.7 cm³/mol. The second-order valence-electron chi connectivity index (χ2n) is 6.63. The van der Waals surface area contributed by atoms with Gasteiger partial charge in [-0.15, -0.1) is 0 Å². The average molecular weight is 227 g/mol. The van der Waals surface area contributed by atoms with Crippen molar-refractivity contribution in [1.82, 2.24) is 5.32 Å². The van der Waals surface area contributed by atoms with Crippen LogP contribution >= 0.6 is 0 Å². The molecule has 3 unspecified atom stereocenters. The molecule has 0 aromatic rings. The quantitative estimate of drug-likeness (QED) is 0.799. The number of nitrogens with one attached hydrogen (secondary N) is 1. The second kappa shape index (κ2) is 5.50. The van der Waals surface area contributed by atoms with Crippen LogP contribution in [-0.4, -0.2) is 24.8 Å². The zero-order valence-electron chi connectivity index (χ0n) is 11.8. The van der Waals surface area contributed by atoms with E-state index >= 15 is 0 Å². The van der Waals surface area contributed by atoms with E-state index in [4.69, 9.17) is 4.74 Å². The summed E-state index contributed by atoms with van der Waals surface area (Å²) in [5, 5.41) is 3.76. The van der Waals surface area contributed by atoms with Gasteiger partial charge in [0.2, 0.25) is 0 Å². The molecule has 0 saturated carbocycles. The van der Waals surface area contributed by atoms with Gasteiger partial charge in [-0.1, -0.05) is 34.6 Å². The lowest BCUT2D eigenvalue weighted by Gasteiger charge is -2.37. The Balaban J connectivity index is 2.43. The van der Waals surface area contributed by atoms with Gasteiger partial charge in [-0.05, 0) is 31.1 Å². The van der Waals surface area contributed by atoms with Crippen LogP contribution < -0.4 is 5.32 Å². The lowest BCUT2D eigenvalue weighted by molar-refractivity contribution is -0.0276. The zero-order chi connectivity index (χ0) is 12.3.